The second-order valence-corrected chi connectivity index (χ2v) is 13.7. The number of amides is 1. The van der Waals surface area contributed by atoms with E-state index < -0.39 is 55.0 Å². The van der Waals surface area contributed by atoms with Crippen molar-refractivity contribution in [3.63, 3.8) is 0 Å². The Morgan fingerprint density at radius 2 is 1.67 bits per heavy atom. The Hall–Kier alpha value is -4.47. The summed E-state index contributed by atoms with van der Waals surface area (Å²) in [7, 11) is -7.87. The van der Waals surface area contributed by atoms with Crippen molar-refractivity contribution in [3.8, 4) is 22.6 Å². The molecular formula is C31H37N3O10S2. The van der Waals surface area contributed by atoms with Crippen LogP contribution in [-0.2, 0) is 40.5 Å². The van der Waals surface area contributed by atoms with Crippen molar-refractivity contribution in [2.24, 2.45) is 0 Å². The predicted octanol–water partition coefficient (Wildman–Crippen LogP) is 3.78. The van der Waals surface area contributed by atoms with E-state index in [-0.39, 0.29) is 42.4 Å². The van der Waals surface area contributed by atoms with E-state index in [0.717, 1.165) is 24.8 Å². The van der Waals surface area contributed by atoms with Gasteiger partial charge in [0, 0.05) is 23.9 Å². The maximum absolute atomic E-state index is 13.2. The SMILES string of the molecule is CCCCOC(=O)NC(=N)c1ccc(O)c(S(=O)(=O)NCCc2ccc(-c3ccccc3S(C)(=O)=O)cc2OCC(=O)OCC)c1. The van der Waals surface area contributed by atoms with E-state index in [9.17, 15) is 31.5 Å². The molecule has 3 aromatic carbocycles. The van der Waals surface area contributed by atoms with Crippen molar-refractivity contribution < 1.29 is 45.7 Å². The highest BCUT2D eigenvalue weighted by Gasteiger charge is 2.22. The quantitative estimate of drug-likeness (QED) is 0.0796. The average molecular weight is 676 g/mol. The third-order valence-electron chi connectivity index (χ3n) is 6.50. The summed E-state index contributed by atoms with van der Waals surface area (Å²) in [5.74, 6) is -1.40. The van der Waals surface area contributed by atoms with Gasteiger partial charge in [0.2, 0.25) is 10.0 Å². The number of aromatic hydroxyl groups is 1. The molecule has 0 bridgehead atoms. The number of nitrogens with one attached hydrogen (secondary N) is 3. The van der Waals surface area contributed by atoms with Gasteiger partial charge in [0.1, 0.15) is 22.2 Å². The molecule has 15 heteroatoms. The van der Waals surface area contributed by atoms with Gasteiger partial charge in [0.25, 0.3) is 0 Å². The van der Waals surface area contributed by atoms with Gasteiger partial charge in [0.15, 0.2) is 16.4 Å². The van der Waals surface area contributed by atoms with E-state index in [1.807, 2.05) is 6.92 Å². The molecule has 0 radical (unpaired) electrons. The lowest BCUT2D eigenvalue weighted by Gasteiger charge is -2.15. The number of sulfonamides is 1. The maximum atomic E-state index is 13.2. The van der Waals surface area contributed by atoms with Gasteiger partial charge in [0.05, 0.1) is 18.1 Å². The van der Waals surface area contributed by atoms with Crippen LogP contribution in [-0.4, -0.2) is 72.5 Å². The first-order valence-corrected chi connectivity index (χ1v) is 17.7. The summed E-state index contributed by atoms with van der Waals surface area (Å²) in [4.78, 5) is 23.5. The van der Waals surface area contributed by atoms with Gasteiger partial charge in [-0.05, 0) is 61.2 Å². The van der Waals surface area contributed by atoms with Crippen molar-refractivity contribution in [3.05, 3.63) is 71.8 Å². The van der Waals surface area contributed by atoms with Crippen molar-refractivity contribution >= 4 is 37.8 Å². The Morgan fingerprint density at radius 3 is 2.37 bits per heavy atom. The molecule has 0 aromatic heterocycles. The van der Waals surface area contributed by atoms with E-state index >= 15 is 0 Å². The molecule has 0 unspecified atom stereocenters. The smallest absolute Gasteiger partial charge is 0.412 e. The lowest BCUT2D eigenvalue weighted by Crippen LogP contribution is -2.31. The number of phenolic OH excluding ortho intramolecular Hbond substituents is 1. The Balaban J connectivity index is 1.81. The van der Waals surface area contributed by atoms with Crippen molar-refractivity contribution in [1.82, 2.24) is 10.0 Å². The maximum Gasteiger partial charge on any atom is 0.412 e. The number of hydrogen-bond acceptors (Lipinski definition) is 11. The lowest BCUT2D eigenvalue weighted by atomic mass is 10.0. The number of amidine groups is 1. The van der Waals surface area contributed by atoms with Crippen LogP contribution < -0.4 is 14.8 Å². The zero-order valence-electron chi connectivity index (χ0n) is 25.7. The van der Waals surface area contributed by atoms with Gasteiger partial charge >= 0.3 is 12.1 Å². The Labute approximate surface area is 268 Å². The van der Waals surface area contributed by atoms with Gasteiger partial charge in [-0.15, -0.1) is 0 Å². The molecule has 0 heterocycles. The lowest BCUT2D eigenvalue weighted by molar-refractivity contribution is -0.145. The summed E-state index contributed by atoms with van der Waals surface area (Å²) in [5.41, 5.74) is 1.43. The summed E-state index contributed by atoms with van der Waals surface area (Å²) >= 11 is 0. The van der Waals surface area contributed by atoms with Crippen LogP contribution in [0.2, 0.25) is 0 Å². The summed E-state index contributed by atoms with van der Waals surface area (Å²) in [5, 5.41) is 20.7. The van der Waals surface area contributed by atoms with Gasteiger partial charge in [-0.1, -0.05) is 43.7 Å². The number of phenols is 1. The Morgan fingerprint density at radius 1 is 0.935 bits per heavy atom. The molecule has 46 heavy (non-hydrogen) atoms. The fourth-order valence-corrected chi connectivity index (χ4v) is 6.30. The van der Waals surface area contributed by atoms with Crippen LogP contribution in [0.5, 0.6) is 11.5 Å². The highest BCUT2D eigenvalue weighted by Crippen LogP contribution is 2.32. The first kappa shape index (κ1) is 36.0. The van der Waals surface area contributed by atoms with Crippen LogP contribution in [0.3, 0.4) is 0 Å². The van der Waals surface area contributed by atoms with Gasteiger partial charge in [-0.2, -0.15) is 0 Å². The Kier molecular flexibility index (Phi) is 12.7. The standard InChI is InChI=1S/C31H37N3O10S2/c1-4-6-17-43-31(37)34-30(32)23-13-14-25(35)28(19-23)46(40,41)33-16-15-21-11-12-22(18-26(21)44-20-29(36)42-5-2)24-9-7-8-10-27(24)45(3,38)39/h7-14,18-19,33,35H,4-6,15-17,20H2,1-3H3,(H2,32,34,37). The highest BCUT2D eigenvalue weighted by molar-refractivity contribution is 7.91. The first-order chi connectivity index (χ1) is 21.8. The molecule has 4 N–H and O–H groups in total. The molecule has 0 aliphatic heterocycles. The fourth-order valence-electron chi connectivity index (χ4n) is 4.23. The van der Waals surface area contributed by atoms with Crippen molar-refractivity contribution in [1.29, 1.82) is 5.41 Å². The number of unbranched alkanes of at least 4 members (excludes halogenated alkanes) is 1. The monoisotopic (exact) mass is 675 g/mol. The molecule has 0 aliphatic carbocycles. The van der Waals surface area contributed by atoms with E-state index in [2.05, 4.69) is 10.0 Å². The third-order valence-corrected chi connectivity index (χ3v) is 9.14. The number of ether oxygens (including phenoxy) is 3. The molecule has 1 amide bonds. The van der Waals surface area contributed by atoms with Crippen LogP contribution in [0.25, 0.3) is 11.1 Å². The fraction of sp³-hybridized carbons (Fsp3) is 0.323. The molecule has 3 rings (SSSR count). The van der Waals surface area contributed by atoms with Crippen LogP contribution >= 0.6 is 0 Å². The molecule has 248 valence electrons. The number of esters is 1. The molecule has 0 fully saturated rings. The number of hydrogen-bond donors (Lipinski definition) is 4. The summed E-state index contributed by atoms with van der Waals surface area (Å²) in [6, 6.07) is 14.7. The highest BCUT2D eigenvalue weighted by atomic mass is 32.2. The third kappa shape index (κ3) is 10.0. The van der Waals surface area contributed by atoms with Crippen molar-refractivity contribution in [2.45, 2.75) is 42.9 Å². The summed E-state index contributed by atoms with van der Waals surface area (Å²) in [6.45, 7) is 3.28. The van der Waals surface area contributed by atoms with Crippen LogP contribution in [0.1, 0.15) is 37.8 Å². The van der Waals surface area contributed by atoms with E-state index in [4.69, 9.17) is 19.6 Å². The van der Waals surface area contributed by atoms with E-state index in [1.54, 1.807) is 43.3 Å². The number of carbonyl (C=O) groups excluding carboxylic acids is 2. The number of alkyl carbamates (subject to hydrolysis) is 1. The molecule has 0 saturated carbocycles. The summed E-state index contributed by atoms with van der Waals surface area (Å²) < 4.78 is 69.1. The average Bonchev–Trinajstić information content (AvgIpc) is 3.00. The van der Waals surface area contributed by atoms with Crippen LogP contribution in [0.4, 0.5) is 4.79 Å². The molecular weight excluding hydrogens is 638 g/mol. The normalized spacial score (nSPS) is 11.5. The van der Waals surface area contributed by atoms with E-state index in [0.29, 0.717) is 23.1 Å². The number of rotatable bonds is 15. The van der Waals surface area contributed by atoms with E-state index in [1.165, 1.54) is 12.1 Å². The molecule has 3 aromatic rings. The zero-order chi connectivity index (χ0) is 33.9. The minimum Gasteiger partial charge on any atom is -0.507 e. The first-order valence-electron chi connectivity index (χ1n) is 14.3. The van der Waals surface area contributed by atoms with Gasteiger partial charge in [-0.3, -0.25) is 10.7 Å². The zero-order valence-corrected chi connectivity index (χ0v) is 27.3. The molecule has 0 aliphatic rings. The Bertz CT molecular complexity index is 1790. The minimum atomic E-state index is -4.30. The van der Waals surface area contributed by atoms with Gasteiger partial charge in [-0.25, -0.2) is 31.1 Å². The topological polar surface area (TPSA) is 198 Å². The van der Waals surface area contributed by atoms with Crippen LogP contribution in [0, 0.1) is 5.41 Å². The largest absolute Gasteiger partial charge is 0.507 e. The number of sulfone groups is 1. The summed E-state index contributed by atoms with van der Waals surface area (Å²) in [6.07, 6.45) is 1.77. The molecule has 0 atom stereocenters. The number of benzene rings is 3. The minimum absolute atomic E-state index is 0.0187. The predicted molar refractivity (Wildman–Crippen MR) is 170 cm³/mol. The molecule has 0 saturated heterocycles. The van der Waals surface area contributed by atoms with Crippen LogP contribution in [0.15, 0.2) is 70.5 Å². The molecule has 13 nitrogen and oxygen atoms in total. The number of carbonyl (C=O) groups is 2. The molecule has 0 spiro atoms. The van der Waals surface area contributed by atoms with Crippen molar-refractivity contribution in [2.75, 3.05) is 32.6 Å². The second kappa shape index (κ2) is 16.2. The van der Waals surface area contributed by atoms with Gasteiger partial charge < -0.3 is 19.3 Å². The second-order valence-electron chi connectivity index (χ2n) is 10.0.